The Morgan fingerprint density at radius 2 is 1.70 bits per heavy atom. The molecule has 4 fully saturated rings. The number of aromatic amines is 1. The van der Waals surface area contributed by atoms with E-state index in [1.165, 1.54) is 24.3 Å². The number of phenols is 1. The van der Waals surface area contributed by atoms with Crippen LogP contribution in [0.5, 0.6) is 11.5 Å². The number of likely N-dealkylation sites (tertiary alicyclic amines) is 1. The van der Waals surface area contributed by atoms with Crippen LogP contribution in [-0.4, -0.2) is 93.9 Å². The van der Waals surface area contributed by atoms with Crippen molar-refractivity contribution >= 4 is 22.8 Å². The predicted octanol–water partition coefficient (Wildman–Crippen LogP) is 4.82. The molecule has 3 aromatic carbocycles. The van der Waals surface area contributed by atoms with Crippen molar-refractivity contribution in [2.24, 2.45) is 11.8 Å². The summed E-state index contributed by atoms with van der Waals surface area (Å²) in [4.78, 5) is 45.4. The zero-order valence-electron chi connectivity index (χ0n) is 29.7. The molecular weight excluding hydrogens is 679 g/mol. The highest BCUT2D eigenvalue weighted by Crippen LogP contribution is 2.50. The highest BCUT2D eigenvalue weighted by atomic mass is 19.1. The number of fused-ring (bicyclic) bond motifs is 4. The number of unbranched alkanes of at least 4 members (excludes halogenated alkanes) is 3. The quantitative estimate of drug-likeness (QED) is 0.109. The van der Waals surface area contributed by atoms with Gasteiger partial charge in [-0.3, -0.25) is 14.4 Å². The van der Waals surface area contributed by atoms with Crippen LogP contribution in [0.2, 0.25) is 0 Å². The number of aliphatic hydroxyl groups excluding tert-OH is 1. The third kappa shape index (κ3) is 7.40. The van der Waals surface area contributed by atoms with Gasteiger partial charge in [0.1, 0.15) is 22.7 Å². The van der Waals surface area contributed by atoms with Crippen LogP contribution < -0.4 is 15.6 Å². The van der Waals surface area contributed by atoms with Crippen molar-refractivity contribution in [1.29, 1.82) is 0 Å². The molecule has 5 N–H and O–H groups in total. The van der Waals surface area contributed by atoms with Crippen molar-refractivity contribution in [3.8, 4) is 11.5 Å². The van der Waals surface area contributed by atoms with Crippen LogP contribution in [0.15, 0.2) is 77.6 Å². The number of carbonyl (C=O) groups is 2. The van der Waals surface area contributed by atoms with E-state index in [-0.39, 0.29) is 29.7 Å². The zero-order valence-corrected chi connectivity index (χ0v) is 29.7. The van der Waals surface area contributed by atoms with Gasteiger partial charge in [-0.2, -0.15) is 0 Å². The smallest absolute Gasteiger partial charge is 0.318 e. The molecule has 2 unspecified atom stereocenters. The second-order valence-electron chi connectivity index (χ2n) is 14.8. The number of rotatable bonds is 15. The van der Waals surface area contributed by atoms with E-state index in [1.807, 2.05) is 0 Å². The average molecular weight is 727 g/mol. The van der Waals surface area contributed by atoms with Crippen molar-refractivity contribution in [3.63, 3.8) is 0 Å². The standard InChI is InChI=1S/C41H47FN4O7/c42-29-9-7-28(8-10-29)41(40(51)52)25-46(38(41)33-24-45-20-17-26(33)18-21-45)39(50)27-5-11-30(12-6-27)53-22-4-2-1-3-19-43-23-35(48)31-13-15-34(47)37-32(31)14-16-36(49)44-37/h5-16,26,33,35,38,43,47-48H,1-4,17-25H2,(H,44,49)(H,51,52)/t33?,35-,38+,41?/m0/s1. The molecule has 8 rings (SSSR count). The Morgan fingerprint density at radius 1 is 0.962 bits per heavy atom. The topological polar surface area (TPSA) is 155 Å². The summed E-state index contributed by atoms with van der Waals surface area (Å²) >= 11 is 0. The maximum atomic E-state index is 14.0. The summed E-state index contributed by atoms with van der Waals surface area (Å²) in [6.07, 6.45) is 4.91. The second kappa shape index (κ2) is 15.7. The van der Waals surface area contributed by atoms with Gasteiger partial charge >= 0.3 is 5.97 Å². The summed E-state index contributed by atoms with van der Waals surface area (Å²) < 4.78 is 19.8. The highest BCUT2D eigenvalue weighted by Gasteiger charge is 2.65. The number of ether oxygens (including phenoxy) is 1. The van der Waals surface area contributed by atoms with Gasteiger partial charge in [0, 0.05) is 36.7 Å². The monoisotopic (exact) mass is 726 g/mol. The minimum atomic E-state index is -1.29. The van der Waals surface area contributed by atoms with Crippen molar-refractivity contribution in [1.82, 2.24) is 20.1 Å². The lowest BCUT2D eigenvalue weighted by atomic mass is 9.58. The van der Waals surface area contributed by atoms with E-state index in [9.17, 15) is 34.1 Å². The number of carbonyl (C=O) groups excluding carboxylic acids is 1. The first-order valence-corrected chi connectivity index (χ1v) is 18.6. The minimum absolute atomic E-state index is 0.0153. The molecule has 2 bridgehead atoms. The minimum Gasteiger partial charge on any atom is -0.506 e. The summed E-state index contributed by atoms with van der Waals surface area (Å²) in [5, 5.41) is 35.3. The molecule has 0 aliphatic carbocycles. The number of aliphatic carboxylic acids is 1. The van der Waals surface area contributed by atoms with E-state index >= 15 is 0 Å². The molecule has 0 saturated carbocycles. The summed E-state index contributed by atoms with van der Waals surface area (Å²) in [5.41, 5.74) is 0.351. The van der Waals surface area contributed by atoms with Crippen LogP contribution in [0.4, 0.5) is 4.39 Å². The van der Waals surface area contributed by atoms with E-state index in [4.69, 9.17) is 4.74 Å². The lowest BCUT2D eigenvalue weighted by molar-refractivity contribution is -0.162. The fourth-order valence-electron chi connectivity index (χ4n) is 8.76. The summed E-state index contributed by atoms with van der Waals surface area (Å²) in [6, 6.07) is 18.3. The number of pyridine rings is 1. The van der Waals surface area contributed by atoms with E-state index in [0.29, 0.717) is 52.4 Å². The SMILES string of the molecule is O=C(c1ccc(OCCCCCCNC[C@H](O)c2ccc(O)c3[nH]c(=O)ccc23)cc1)N1CC(C(=O)O)(c2ccc(F)cc2)[C@H]1C1CN2CCC1CC2. The highest BCUT2D eigenvalue weighted by molar-refractivity contribution is 5.98. The average Bonchev–Trinajstić information content (AvgIpc) is 3.15. The Morgan fingerprint density at radius 3 is 2.40 bits per heavy atom. The van der Waals surface area contributed by atoms with Crippen LogP contribution in [0.3, 0.4) is 0 Å². The van der Waals surface area contributed by atoms with E-state index < -0.39 is 29.3 Å². The Bertz CT molecular complexity index is 1980. The van der Waals surface area contributed by atoms with Crippen molar-refractivity contribution in [2.45, 2.75) is 56.1 Å². The largest absolute Gasteiger partial charge is 0.506 e. The van der Waals surface area contributed by atoms with Gasteiger partial charge in [-0.25, -0.2) is 4.39 Å². The Labute approximate surface area is 307 Å². The molecule has 1 amide bonds. The van der Waals surface area contributed by atoms with Crippen molar-refractivity contribution in [3.05, 3.63) is 106 Å². The number of hydrogen-bond donors (Lipinski definition) is 5. The number of amides is 1. The normalized spacial score (nSPS) is 24.2. The first kappa shape index (κ1) is 36.6. The van der Waals surface area contributed by atoms with Gasteiger partial charge in [-0.1, -0.05) is 31.0 Å². The second-order valence-corrected chi connectivity index (χ2v) is 14.8. The number of aromatic nitrogens is 1. The number of aliphatic hydroxyl groups is 1. The molecule has 280 valence electrons. The van der Waals surface area contributed by atoms with Crippen LogP contribution in [0.25, 0.3) is 10.9 Å². The third-order valence-electron chi connectivity index (χ3n) is 11.6. The number of H-pyrrole nitrogens is 1. The molecule has 11 nitrogen and oxygen atoms in total. The lowest BCUT2D eigenvalue weighted by Gasteiger charge is -2.61. The van der Waals surface area contributed by atoms with Gasteiger partial charge in [0.25, 0.3) is 5.91 Å². The number of hydrogen-bond acceptors (Lipinski definition) is 8. The van der Waals surface area contributed by atoms with Crippen LogP contribution in [0, 0.1) is 17.7 Å². The molecule has 4 aliphatic heterocycles. The molecule has 4 aliphatic rings. The number of nitrogens with one attached hydrogen (secondary N) is 2. The van der Waals surface area contributed by atoms with Crippen LogP contribution >= 0.6 is 0 Å². The number of carboxylic acids is 1. The molecule has 4 saturated heterocycles. The van der Waals surface area contributed by atoms with Crippen molar-refractivity contribution < 1.29 is 34.0 Å². The molecular formula is C41H47FN4O7. The molecule has 0 radical (unpaired) electrons. The first-order valence-electron chi connectivity index (χ1n) is 18.6. The zero-order chi connectivity index (χ0) is 37.1. The Balaban J connectivity index is 0.874. The number of benzene rings is 3. The van der Waals surface area contributed by atoms with Gasteiger partial charge < -0.3 is 40.2 Å². The first-order chi connectivity index (χ1) is 25.7. The molecule has 0 spiro atoms. The number of piperidine rings is 3. The van der Waals surface area contributed by atoms with E-state index in [2.05, 4.69) is 15.2 Å². The maximum Gasteiger partial charge on any atom is 0.318 e. The van der Waals surface area contributed by atoms with Gasteiger partial charge in [0.05, 0.1) is 24.3 Å². The fraction of sp³-hybridized carbons (Fsp3) is 0.439. The summed E-state index contributed by atoms with van der Waals surface area (Å²) in [7, 11) is 0. The fourth-order valence-corrected chi connectivity index (χ4v) is 8.76. The molecule has 1 aromatic heterocycles. The van der Waals surface area contributed by atoms with Gasteiger partial charge in [0.15, 0.2) is 0 Å². The summed E-state index contributed by atoms with van der Waals surface area (Å²) in [5.74, 6) is -0.629. The Kier molecular flexibility index (Phi) is 10.8. The number of nitrogens with zero attached hydrogens (tertiary/aromatic N) is 2. The number of phenolic OH excluding ortho intramolecular Hbond substituents is 1. The molecule has 53 heavy (non-hydrogen) atoms. The summed E-state index contributed by atoms with van der Waals surface area (Å²) in [6.45, 7) is 4.38. The molecule has 5 heterocycles. The van der Waals surface area contributed by atoms with E-state index in [0.717, 1.165) is 64.7 Å². The van der Waals surface area contributed by atoms with Crippen LogP contribution in [0.1, 0.15) is 66.1 Å². The molecule has 4 aromatic rings. The van der Waals surface area contributed by atoms with Gasteiger partial charge in [0.2, 0.25) is 5.56 Å². The van der Waals surface area contributed by atoms with Crippen molar-refractivity contribution in [2.75, 3.05) is 45.9 Å². The van der Waals surface area contributed by atoms with E-state index in [1.54, 1.807) is 53.4 Å². The number of halogens is 1. The lowest BCUT2D eigenvalue weighted by Crippen LogP contribution is -2.76. The third-order valence-corrected chi connectivity index (χ3v) is 11.6. The number of aromatic hydroxyl groups is 1. The Hall–Kier alpha value is -4.78. The van der Waals surface area contributed by atoms with Gasteiger partial charge in [-0.15, -0.1) is 0 Å². The molecule has 12 heteroatoms. The van der Waals surface area contributed by atoms with Crippen LogP contribution in [-0.2, 0) is 10.2 Å². The number of carboxylic acid groups (broad SMARTS) is 1. The maximum absolute atomic E-state index is 14.0. The molecule has 4 atom stereocenters. The predicted molar refractivity (Wildman–Crippen MR) is 198 cm³/mol. The van der Waals surface area contributed by atoms with Gasteiger partial charge in [-0.05, 0) is 117 Å².